The molecule has 3 nitrogen and oxygen atoms in total. The molecule has 2 aliphatic heterocycles. The van der Waals surface area contributed by atoms with E-state index in [1.807, 2.05) is 0 Å². The van der Waals surface area contributed by atoms with E-state index in [1.165, 1.54) is 64.8 Å². The summed E-state index contributed by atoms with van der Waals surface area (Å²) in [6.45, 7) is 7.51. The standard InChI is InChI=1S/C12H25N3/c13-12-5-4-8-15(11-12)10-9-14-6-2-1-3-7-14/h12H,1-11,13H2/t12-/m1/s1. The van der Waals surface area contributed by atoms with Crippen LogP contribution in [-0.4, -0.2) is 55.1 Å². The molecule has 0 spiro atoms. The summed E-state index contributed by atoms with van der Waals surface area (Å²) < 4.78 is 0. The summed E-state index contributed by atoms with van der Waals surface area (Å²) in [4.78, 5) is 5.16. The van der Waals surface area contributed by atoms with E-state index in [2.05, 4.69) is 9.80 Å². The van der Waals surface area contributed by atoms with Crippen LogP contribution in [0, 0.1) is 0 Å². The third-order valence-corrected chi connectivity index (χ3v) is 3.72. The van der Waals surface area contributed by atoms with Crippen molar-refractivity contribution in [2.45, 2.75) is 38.1 Å². The topological polar surface area (TPSA) is 32.5 Å². The molecule has 15 heavy (non-hydrogen) atoms. The molecule has 3 heteroatoms. The smallest absolute Gasteiger partial charge is 0.0168 e. The summed E-state index contributed by atoms with van der Waals surface area (Å²) in [7, 11) is 0. The van der Waals surface area contributed by atoms with Gasteiger partial charge in [0.15, 0.2) is 0 Å². The molecule has 0 bridgehead atoms. The Morgan fingerprint density at radius 2 is 1.53 bits per heavy atom. The molecule has 2 rings (SSSR count). The van der Waals surface area contributed by atoms with Crippen LogP contribution >= 0.6 is 0 Å². The summed E-state index contributed by atoms with van der Waals surface area (Å²) in [6, 6.07) is 0.431. The fourth-order valence-corrected chi connectivity index (χ4v) is 2.76. The van der Waals surface area contributed by atoms with E-state index in [0.717, 1.165) is 6.54 Å². The molecule has 2 heterocycles. The van der Waals surface area contributed by atoms with Crippen LogP contribution in [0.3, 0.4) is 0 Å². The highest BCUT2D eigenvalue weighted by atomic mass is 15.2. The van der Waals surface area contributed by atoms with E-state index in [1.54, 1.807) is 0 Å². The Morgan fingerprint density at radius 3 is 2.27 bits per heavy atom. The van der Waals surface area contributed by atoms with Crippen LogP contribution in [0.15, 0.2) is 0 Å². The molecule has 0 aromatic carbocycles. The summed E-state index contributed by atoms with van der Waals surface area (Å²) >= 11 is 0. The van der Waals surface area contributed by atoms with Gasteiger partial charge in [-0.25, -0.2) is 0 Å². The Balaban J connectivity index is 1.63. The van der Waals surface area contributed by atoms with E-state index in [4.69, 9.17) is 5.73 Å². The van der Waals surface area contributed by atoms with E-state index in [0.29, 0.717) is 6.04 Å². The van der Waals surface area contributed by atoms with Crippen molar-refractivity contribution in [2.75, 3.05) is 39.3 Å². The van der Waals surface area contributed by atoms with Crippen LogP contribution in [0.25, 0.3) is 0 Å². The molecule has 2 aliphatic rings. The zero-order valence-electron chi connectivity index (χ0n) is 9.83. The van der Waals surface area contributed by atoms with Gasteiger partial charge >= 0.3 is 0 Å². The second-order valence-corrected chi connectivity index (χ2v) is 5.11. The second-order valence-electron chi connectivity index (χ2n) is 5.11. The number of likely N-dealkylation sites (tertiary alicyclic amines) is 2. The van der Waals surface area contributed by atoms with Crippen molar-refractivity contribution < 1.29 is 0 Å². The van der Waals surface area contributed by atoms with Crippen molar-refractivity contribution in [3.63, 3.8) is 0 Å². The third-order valence-electron chi connectivity index (χ3n) is 3.72. The van der Waals surface area contributed by atoms with Crippen molar-refractivity contribution in [1.29, 1.82) is 0 Å². The van der Waals surface area contributed by atoms with Crippen molar-refractivity contribution in [2.24, 2.45) is 5.73 Å². The molecular formula is C12H25N3. The maximum atomic E-state index is 5.98. The highest BCUT2D eigenvalue weighted by Gasteiger charge is 2.17. The number of hydrogen-bond donors (Lipinski definition) is 1. The van der Waals surface area contributed by atoms with Gasteiger partial charge in [0, 0.05) is 25.7 Å². The summed E-state index contributed by atoms with van der Waals surface area (Å²) in [5.41, 5.74) is 5.98. The SMILES string of the molecule is N[C@@H]1CCCN(CCN2CCCCC2)C1. The molecule has 2 fully saturated rings. The molecule has 2 N–H and O–H groups in total. The second kappa shape index (κ2) is 5.83. The summed E-state index contributed by atoms with van der Waals surface area (Å²) in [6.07, 6.45) is 6.76. The Morgan fingerprint density at radius 1 is 0.867 bits per heavy atom. The van der Waals surface area contributed by atoms with Gasteiger partial charge in [-0.3, -0.25) is 0 Å². The van der Waals surface area contributed by atoms with E-state index in [-0.39, 0.29) is 0 Å². The zero-order chi connectivity index (χ0) is 10.5. The minimum Gasteiger partial charge on any atom is -0.327 e. The largest absolute Gasteiger partial charge is 0.327 e. The molecule has 0 aliphatic carbocycles. The summed E-state index contributed by atoms with van der Waals surface area (Å²) in [5, 5.41) is 0. The molecule has 1 atom stereocenters. The van der Waals surface area contributed by atoms with Crippen molar-refractivity contribution in [3.05, 3.63) is 0 Å². The minimum absolute atomic E-state index is 0.431. The number of hydrogen-bond acceptors (Lipinski definition) is 3. The summed E-state index contributed by atoms with van der Waals surface area (Å²) in [5.74, 6) is 0. The van der Waals surface area contributed by atoms with Crippen LogP contribution in [0.1, 0.15) is 32.1 Å². The number of rotatable bonds is 3. The Kier molecular flexibility index (Phi) is 4.42. The number of nitrogens with two attached hydrogens (primary N) is 1. The molecule has 88 valence electrons. The normalized spacial score (nSPS) is 30.6. The Bertz CT molecular complexity index is 178. The lowest BCUT2D eigenvalue weighted by molar-refractivity contribution is 0.157. The first-order valence-corrected chi connectivity index (χ1v) is 6.55. The lowest BCUT2D eigenvalue weighted by Gasteiger charge is -2.33. The van der Waals surface area contributed by atoms with Gasteiger partial charge in [0.05, 0.1) is 0 Å². The Labute approximate surface area is 93.6 Å². The van der Waals surface area contributed by atoms with Crippen LogP contribution in [-0.2, 0) is 0 Å². The van der Waals surface area contributed by atoms with Gasteiger partial charge in [0.25, 0.3) is 0 Å². The molecule has 0 aromatic heterocycles. The van der Waals surface area contributed by atoms with E-state index >= 15 is 0 Å². The molecule has 0 saturated carbocycles. The lowest BCUT2D eigenvalue weighted by Crippen LogP contribution is -2.46. The number of nitrogens with zero attached hydrogens (tertiary/aromatic N) is 2. The predicted molar refractivity (Wildman–Crippen MR) is 63.9 cm³/mol. The van der Waals surface area contributed by atoms with Gasteiger partial charge in [-0.2, -0.15) is 0 Å². The molecule has 2 saturated heterocycles. The van der Waals surface area contributed by atoms with Crippen LogP contribution in [0.4, 0.5) is 0 Å². The maximum absolute atomic E-state index is 5.98. The van der Waals surface area contributed by atoms with Gasteiger partial charge < -0.3 is 15.5 Å². The minimum atomic E-state index is 0.431. The highest BCUT2D eigenvalue weighted by Crippen LogP contribution is 2.10. The quantitative estimate of drug-likeness (QED) is 0.752. The number of piperidine rings is 2. The monoisotopic (exact) mass is 211 g/mol. The average Bonchev–Trinajstić information content (AvgIpc) is 2.28. The zero-order valence-corrected chi connectivity index (χ0v) is 9.83. The first-order valence-electron chi connectivity index (χ1n) is 6.55. The van der Waals surface area contributed by atoms with Gasteiger partial charge in [-0.1, -0.05) is 6.42 Å². The van der Waals surface area contributed by atoms with Crippen LogP contribution in [0.2, 0.25) is 0 Å². The van der Waals surface area contributed by atoms with Gasteiger partial charge in [-0.05, 0) is 45.3 Å². The molecule has 0 amide bonds. The predicted octanol–water partition coefficient (Wildman–Crippen LogP) is 0.895. The van der Waals surface area contributed by atoms with Crippen molar-refractivity contribution in [1.82, 2.24) is 9.80 Å². The molecular weight excluding hydrogens is 186 g/mol. The van der Waals surface area contributed by atoms with Crippen LogP contribution in [0.5, 0.6) is 0 Å². The lowest BCUT2D eigenvalue weighted by atomic mass is 10.1. The first kappa shape index (κ1) is 11.4. The van der Waals surface area contributed by atoms with Crippen molar-refractivity contribution in [3.8, 4) is 0 Å². The van der Waals surface area contributed by atoms with Gasteiger partial charge in [0.1, 0.15) is 0 Å². The first-order chi connectivity index (χ1) is 7.34. The average molecular weight is 211 g/mol. The fraction of sp³-hybridized carbons (Fsp3) is 1.00. The van der Waals surface area contributed by atoms with Gasteiger partial charge in [-0.15, -0.1) is 0 Å². The van der Waals surface area contributed by atoms with Crippen LogP contribution < -0.4 is 5.73 Å². The highest BCUT2D eigenvalue weighted by molar-refractivity contribution is 4.76. The van der Waals surface area contributed by atoms with Crippen molar-refractivity contribution >= 4 is 0 Å². The molecule has 0 aromatic rings. The fourth-order valence-electron chi connectivity index (χ4n) is 2.76. The molecule has 0 radical (unpaired) electrons. The maximum Gasteiger partial charge on any atom is 0.0168 e. The molecule has 0 unspecified atom stereocenters. The Hall–Kier alpha value is -0.120. The van der Waals surface area contributed by atoms with E-state index in [9.17, 15) is 0 Å². The van der Waals surface area contributed by atoms with Gasteiger partial charge in [0.2, 0.25) is 0 Å². The van der Waals surface area contributed by atoms with E-state index < -0.39 is 0 Å². The third kappa shape index (κ3) is 3.74.